The van der Waals surface area contributed by atoms with Crippen LogP contribution >= 0.6 is 0 Å². The van der Waals surface area contributed by atoms with E-state index in [1.165, 1.54) is 12.1 Å². The first kappa shape index (κ1) is 16.4. The van der Waals surface area contributed by atoms with E-state index >= 15 is 0 Å². The minimum absolute atomic E-state index is 0.0179. The second kappa shape index (κ2) is 7.00. The Labute approximate surface area is 143 Å². The monoisotopic (exact) mass is 340 g/mol. The van der Waals surface area contributed by atoms with Gasteiger partial charge in [-0.3, -0.25) is 14.9 Å². The molecule has 3 rings (SSSR count). The lowest BCUT2D eigenvalue weighted by Gasteiger charge is -2.12. The summed E-state index contributed by atoms with van der Waals surface area (Å²) in [7, 11) is 0. The first-order chi connectivity index (χ1) is 12.0. The minimum Gasteiger partial charge on any atom is -0.484 e. The topological polar surface area (TPSA) is 110 Å². The van der Waals surface area contributed by atoms with Gasteiger partial charge in [0.2, 0.25) is 0 Å². The van der Waals surface area contributed by atoms with Gasteiger partial charge in [0.1, 0.15) is 11.6 Å². The fourth-order valence-electron chi connectivity index (χ4n) is 2.35. The summed E-state index contributed by atoms with van der Waals surface area (Å²) in [5.41, 5.74) is 1.13. The Morgan fingerprint density at radius 1 is 1.32 bits per heavy atom. The quantitative estimate of drug-likeness (QED) is 0.529. The van der Waals surface area contributed by atoms with Crippen LogP contribution in [0.2, 0.25) is 0 Å². The predicted octanol–water partition coefficient (Wildman–Crippen LogP) is 2.73. The van der Waals surface area contributed by atoms with Crippen molar-refractivity contribution in [3.8, 4) is 5.75 Å². The zero-order valence-corrected chi connectivity index (χ0v) is 13.4. The molecule has 0 fully saturated rings. The molecule has 1 atom stereocenters. The van der Waals surface area contributed by atoms with Gasteiger partial charge in [0.25, 0.3) is 11.6 Å². The maximum absolute atomic E-state index is 12.0. The lowest BCUT2D eigenvalue weighted by atomic mass is 10.3. The second-order valence-electron chi connectivity index (χ2n) is 5.47. The molecule has 2 aromatic carbocycles. The number of nitrogens with one attached hydrogen (secondary N) is 2. The summed E-state index contributed by atoms with van der Waals surface area (Å²) in [6, 6.07) is 13.0. The number of carbonyl (C=O) groups excluding carboxylic acids is 1. The number of fused-ring (bicyclic) bond motifs is 1. The van der Waals surface area contributed by atoms with Crippen LogP contribution in [0.4, 0.5) is 5.69 Å². The van der Waals surface area contributed by atoms with Gasteiger partial charge in [0.05, 0.1) is 22.0 Å². The SMILES string of the molecule is CC(NC(=O)COc1ccccc1)c1nc2ccc([N+](=O)[O-])cc2[nH]1. The van der Waals surface area contributed by atoms with Gasteiger partial charge in [-0.15, -0.1) is 0 Å². The molecule has 0 aliphatic heterocycles. The van der Waals surface area contributed by atoms with Crippen molar-refractivity contribution in [2.45, 2.75) is 13.0 Å². The number of amides is 1. The molecular formula is C17H16N4O4. The van der Waals surface area contributed by atoms with Crippen molar-refractivity contribution in [3.63, 3.8) is 0 Å². The molecule has 0 bridgehead atoms. The van der Waals surface area contributed by atoms with Crippen LogP contribution in [0, 0.1) is 10.1 Å². The normalized spacial score (nSPS) is 11.9. The third-order valence-corrected chi connectivity index (χ3v) is 3.60. The maximum atomic E-state index is 12.0. The molecule has 0 saturated heterocycles. The van der Waals surface area contributed by atoms with Crippen molar-refractivity contribution in [1.82, 2.24) is 15.3 Å². The van der Waals surface area contributed by atoms with E-state index in [1.807, 2.05) is 18.2 Å². The number of aromatic nitrogens is 2. The molecule has 25 heavy (non-hydrogen) atoms. The summed E-state index contributed by atoms with van der Waals surface area (Å²) >= 11 is 0. The van der Waals surface area contributed by atoms with E-state index in [9.17, 15) is 14.9 Å². The molecule has 8 nitrogen and oxygen atoms in total. The molecule has 8 heteroatoms. The van der Waals surface area contributed by atoms with Gasteiger partial charge in [-0.1, -0.05) is 18.2 Å². The second-order valence-corrected chi connectivity index (χ2v) is 5.47. The third-order valence-electron chi connectivity index (χ3n) is 3.60. The molecule has 0 spiro atoms. The van der Waals surface area contributed by atoms with E-state index < -0.39 is 11.0 Å². The minimum atomic E-state index is -0.466. The Balaban J connectivity index is 1.64. The number of hydrogen-bond acceptors (Lipinski definition) is 5. The van der Waals surface area contributed by atoms with Crippen molar-refractivity contribution in [1.29, 1.82) is 0 Å². The highest BCUT2D eigenvalue weighted by molar-refractivity contribution is 5.79. The number of nitro groups is 1. The number of nitro benzene ring substituents is 1. The van der Waals surface area contributed by atoms with Crippen LogP contribution in [0.5, 0.6) is 5.75 Å². The number of nitrogens with zero attached hydrogens (tertiary/aromatic N) is 2. The van der Waals surface area contributed by atoms with Crippen molar-refractivity contribution < 1.29 is 14.5 Å². The number of aromatic amines is 1. The summed E-state index contributed by atoms with van der Waals surface area (Å²) in [5, 5.41) is 13.6. The Bertz CT molecular complexity index is 907. The number of carbonyl (C=O) groups is 1. The molecule has 0 aliphatic rings. The van der Waals surface area contributed by atoms with E-state index in [1.54, 1.807) is 25.1 Å². The number of benzene rings is 2. The zero-order valence-electron chi connectivity index (χ0n) is 13.4. The summed E-state index contributed by atoms with van der Waals surface area (Å²) < 4.78 is 5.39. The number of hydrogen-bond donors (Lipinski definition) is 2. The van der Waals surface area contributed by atoms with Crippen LogP contribution in [0.25, 0.3) is 11.0 Å². The van der Waals surface area contributed by atoms with Crippen molar-refractivity contribution in [2.75, 3.05) is 6.61 Å². The maximum Gasteiger partial charge on any atom is 0.271 e. The number of para-hydroxylation sites is 1. The van der Waals surface area contributed by atoms with Crippen LogP contribution < -0.4 is 10.1 Å². The van der Waals surface area contributed by atoms with Gasteiger partial charge < -0.3 is 15.0 Å². The molecule has 1 aromatic heterocycles. The summed E-state index contributed by atoms with van der Waals surface area (Å²) in [6.07, 6.45) is 0. The average Bonchev–Trinajstić information content (AvgIpc) is 3.04. The van der Waals surface area contributed by atoms with Crippen molar-refractivity contribution >= 4 is 22.6 Å². The van der Waals surface area contributed by atoms with E-state index in [0.717, 1.165) is 0 Å². The first-order valence-electron chi connectivity index (χ1n) is 7.64. The number of ether oxygens (including phenoxy) is 1. The fourth-order valence-corrected chi connectivity index (χ4v) is 2.35. The highest BCUT2D eigenvalue weighted by Crippen LogP contribution is 2.21. The molecule has 1 heterocycles. The number of imidazole rings is 1. The van der Waals surface area contributed by atoms with Gasteiger partial charge in [-0.2, -0.15) is 0 Å². The Morgan fingerprint density at radius 3 is 2.80 bits per heavy atom. The molecule has 0 radical (unpaired) electrons. The molecule has 1 amide bonds. The van der Waals surface area contributed by atoms with Crippen LogP contribution in [0.3, 0.4) is 0 Å². The summed E-state index contributed by atoms with van der Waals surface area (Å²) in [6.45, 7) is 1.66. The van der Waals surface area contributed by atoms with Gasteiger partial charge in [0.15, 0.2) is 6.61 Å². The fraction of sp³-hybridized carbons (Fsp3) is 0.176. The van der Waals surface area contributed by atoms with Crippen molar-refractivity contribution in [3.05, 3.63) is 64.5 Å². The summed E-state index contributed by atoms with van der Waals surface area (Å²) in [4.78, 5) is 29.7. The highest BCUT2D eigenvalue weighted by Gasteiger charge is 2.15. The highest BCUT2D eigenvalue weighted by atomic mass is 16.6. The lowest BCUT2D eigenvalue weighted by Crippen LogP contribution is -2.31. The van der Waals surface area contributed by atoms with Crippen LogP contribution in [0.15, 0.2) is 48.5 Å². The molecule has 0 saturated carbocycles. The standard InChI is InChI=1S/C17H16N4O4/c1-11(18-16(22)10-25-13-5-3-2-4-6-13)17-19-14-8-7-12(21(23)24)9-15(14)20-17/h2-9,11H,10H2,1H3,(H,18,22)(H,19,20). The van der Waals surface area contributed by atoms with Crippen molar-refractivity contribution in [2.24, 2.45) is 0 Å². The largest absolute Gasteiger partial charge is 0.484 e. The zero-order chi connectivity index (χ0) is 17.8. The molecule has 0 aliphatic carbocycles. The molecular weight excluding hydrogens is 324 g/mol. The van der Waals surface area contributed by atoms with E-state index in [2.05, 4.69) is 15.3 Å². The van der Waals surface area contributed by atoms with Gasteiger partial charge in [-0.05, 0) is 25.1 Å². The molecule has 128 valence electrons. The van der Waals surface area contributed by atoms with E-state index in [0.29, 0.717) is 22.6 Å². The lowest BCUT2D eigenvalue weighted by molar-refractivity contribution is -0.384. The smallest absolute Gasteiger partial charge is 0.271 e. The molecule has 3 aromatic rings. The van der Waals surface area contributed by atoms with Crippen LogP contribution in [-0.2, 0) is 4.79 Å². The number of rotatable bonds is 6. The van der Waals surface area contributed by atoms with Crippen LogP contribution in [-0.4, -0.2) is 27.4 Å². The van der Waals surface area contributed by atoms with Gasteiger partial charge in [-0.25, -0.2) is 4.98 Å². The van der Waals surface area contributed by atoms with Crippen LogP contribution in [0.1, 0.15) is 18.8 Å². The van der Waals surface area contributed by atoms with Gasteiger partial charge in [0, 0.05) is 12.1 Å². The van der Waals surface area contributed by atoms with E-state index in [-0.39, 0.29) is 18.2 Å². The third kappa shape index (κ3) is 3.92. The summed E-state index contributed by atoms with van der Waals surface area (Å²) in [5.74, 6) is 0.840. The average molecular weight is 340 g/mol. The number of H-pyrrole nitrogens is 1. The first-order valence-corrected chi connectivity index (χ1v) is 7.64. The Hall–Kier alpha value is -3.42. The Kier molecular flexibility index (Phi) is 4.60. The van der Waals surface area contributed by atoms with E-state index in [4.69, 9.17) is 4.74 Å². The number of non-ortho nitro benzene ring substituents is 1. The molecule has 1 unspecified atom stereocenters. The Morgan fingerprint density at radius 2 is 2.08 bits per heavy atom. The van der Waals surface area contributed by atoms with Gasteiger partial charge >= 0.3 is 0 Å². The predicted molar refractivity (Wildman–Crippen MR) is 91.2 cm³/mol. The molecule has 2 N–H and O–H groups in total.